The highest BCUT2D eigenvalue weighted by molar-refractivity contribution is 4.90. The Morgan fingerprint density at radius 3 is 2.69 bits per heavy atom. The summed E-state index contributed by atoms with van der Waals surface area (Å²) in [6.45, 7) is 7.60. The molecular weight excluding hydrogens is 162 g/mol. The van der Waals surface area contributed by atoms with Gasteiger partial charge in [0.15, 0.2) is 0 Å². The van der Waals surface area contributed by atoms with Gasteiger partial charge in [-0.25, -0.2) is 0 Å². The summed E-state index contributed by atoms with van der Waals surface area (Å²) in [4.78, 5) is 4.75. The van der Waals surface area contributed by atoms with Crippen LogP contribution in [0.1, 0.15) is 20.3 Å². The van der Waals surface area contributed by atoms with Crippen LogP contribution in [0.3, 0.4) is 0 Å². The highest BCUT2D eigenvalue weighted by atomic mass is 15.3. The van der Waals surface area contributed by atoms with Crippen molar-refractivity contribution in [2.24, 2.45) is 0 Å². The first kappa shape index (κ1) is 10.5. The Balaban J connectivity index is 2.56. The van der Waals surface area contributed by atoms with Gasteiger partial charge in [0, 0.05) is 25.2 Å². The summed E-state index contributed by atoms with van der Waals surface area (Å²) in [6, 6.07) is 3.33. The van der Waals surface area contributed by atoms with Gasteiger partial charge in [0.25, 0.3) is 0 Å². The third-order valence-electron chi connectivity index (χ3n) is 3.00. The predicted molar refractivity (Wildman–Crippen MR) is 53.4 cm³/mol. The van der Waals surface area contributed by atoms with Gasteiger partial charge in [-0.05, 0) is 20.5 Å². The molecule has 1 aliphatic rings. The number of hydrogen-bond acceptors (Lipinski definition) is 3. The Labute approximate surface area is 80.9 Å². The molecule has 0 saturated carbocycles. The first-order valence-electron chi connectivity index (χ1n) is 5.00. The lowest BCUT2D eigenvalue weighted by Gasteiger charge is -2.42. The number of rotatable bonds is 2. The van der Waals surface area contributed by atoms with Gasteiger partial charge < -0.3 is 4.90 Å². The molecule has 0 radical (unpaired) electrons. The number of hydrogen-bond donors (Lipinski definition) is 0. The second-order valence-electron chi connectivity index (χ2n) is 3.89. The van der Waals surface area contributed by atoms with Crippen molar-refractivity contribution in [2.45, 2.75) is 32.4 Å². The van der Waals surface area contributed by atoms with E-state index in [1.165, 1.54) is 0 Å². The molecule has 1 heterocycles. The summed E-state index contributed by atoms with van der Waals surface area (Å²) in [5.74, 6) is 0. The highest BCUT2D eigenvalue weighted by Gasteiger charge is 2.27. The maximum absolute atomic E-state index is 8.69. The van der Waals surface area contributed by atoms with Gasteiger partial charge in [0.2, 0.25) is 0 Å². The van der Waals surface area contributed by atoms with Gasteiger partial charge in [-0.2, -0.15) is 5.26 Å². The number of nitriles is 1. The fourth-order valence-corrected chi connectivity index (χ4v) is 1.94. The van der Waals surface area contributed by atoms with Crippen molar-refractivity contribution in [1.82, 2.24) is 9.80 Å². The Hall–Kier alpha value is -0.590. The average molecular weight is 181 g/mol. The Kier molecular flexibility index (Phi) is 3.71. The molecule has 3 nitrogen and oxygen atoms in total. The zero-order chi connectivity index (χ0) is 9.84. The first-order chi connectivity index (χ1) is 6.19. The Morgan fingerprint density at radius 2 is 2.15 bits per heavy atom. The van der Waals surface area contributed by atoms with E-state index in [1.807, 2.05) is 0 Å². The van der Waals surface area contributed by atoms with Crippen molar-refractivity contribution in [1.29, 1.82) is 5.26 Å². The largest absolute Gasteiger partial charge is 0.301 e. The van der Waals surface area contributed by atoms with Crippen molar-refractivity contribution in [3.05, 3.63) is 0 Å². The fourth-order valence-electron chi connectivity index (χ4n) is 1.94. The van der Waals surface area contributed by atoms with E-state index in [9.17, 15) is 0 Å². The Morgan fingerprint density at radius 1 is 1.46 bits per heavy atom. The zero-order valence-electron chi connectivity index (χ0n) is 8.82. The SMILES string of the molecule is CCN1CC(C)N(C)CC1CC#N. The molecule has 1 saturated heterocycles. The standard InChI is InChI=1S/C10H19N3/c1-4-13-7-9(2)12(3)8-10(13)5-6-11/h9-10H,4-5,7-8H2,1-3H3. The number of likely N-dealkylation sites (N-methyl/N-ethyl adjacent to an activating group) is 2. The highest BCUT2D eigenvalue weighted by Crippen LogP contribution is 2.15. The summed E-state index contributed by atoms with van der Waals surface area (Å²) in [7, 11) is 2.14. The summed E-state index contributed by atoms with van der Waals surface area (Å²) in [5, 5.41) is 8.69. The van der Waals surface area contributed by atoms with E-state index < -0.39 is 0 Å². The molecule has 3 heteroatoms. The monoisotopic (exact) mass is 181 g/mol. The van der Waals surface area contributed by atoms with E-state index in [0.29, 0.717) is 18.5 Å². The molecule has 0 aromatic rings. The molecular formula is C10H19N3. The lowest BCUT2D eigenvalue weighted by Crippen LogP contribution is -2.55. The van der Waals surface area contributed by atoms with Gasteiger partial charge in [-0.3, -0.25) is 4.90 Å². The van der Waals surface area contributed by atoms with Gasteiger partial charge in [0.05, 0.1) is 12.5 Å². The molecule has 1 aliphatic heterocycles. The van der Waals surface area contributed by atoms with Crippen LogP contribution in [-0.4, -0.2) is 48.6 Å². The molecule has 2 unspecified atom stereocenters. The molecule has 0 aromatic carbocycles. The second-order valence-corrected chi connectivity index (χ2v) is 3.89. The minimum absolute atomic E-state index is 0.441. The van der Waals surface area contributed by atoms with E-state index in [0.717, 1.165) is 19.6 Å². The third-order valence-corrected chi connectivity index (χ3v) is 3.00. The molecule has 1 fully saturated rings. The molecule has 1 rings (SSSR count). The maximum atomic E-state index is 8.69. The van der Waals surface area contributed by atoms with Crippen LogP contribution in [0.4, 0.5) is 0 Å². The van der Waals surface area contributed by atoms with Crippen molar-refractivity contribution in [3.63, 3.8) is 0 Å². The van der Waals surface area contributed by atoms with Crippen LogP contribution >= 0.6 is 0 Å². The normalized spacial score (nSPS) is 31.5. The van der Waals surface area contributed by atoms with E-state index in [2.05, 4.69) is 36.8 Å². The van der Waals surface area contributed by atoms with Gasteiger partial charge in [-0.1, -0.05) is 6.92 Å². The van der Waals surface area contributed by atoms with Crippen molar-refractivity contribution in [2.75, 3.05) is 26.7 Å². The van der Waals surface area contributed by atoms with Crippen molar-refractivity contribution < 1.29 is 0 Å². The van der Waals surface area contributed by atoms with Crippen LogP contribution in [0, 0.1) is 11.3 Å². The molecule has 0 aromatic heterocycles. The van der Waals surface area contributed by atoms with Gasteiger partial charge in [-0.15, -0.1) is 0 Å². The van der Waals surface area contributed by atoms with E-state index >= 15 is 0 Å². The zero-order valence-corrected chi connectivity index (χ0v) is 8.82. The summed E-state index contributed by atoms with van der Waals surface area (Å²) < 4.78 is 0. The van der Waals surface area contributed by atoms with Crippen LogP contribution in [0.2, 0.25) is 0 Å². The lowest BCUT2D eigenvalue weighted by atomic mass is 10.1. The van der Waals surface area contributed by atoms with Crippen LogP contribution in [0.25, 0.3) is 0 Å². The van der Waals surface area contributed by atoms with Gasteiger partial charge >= 0.3 is 0 Å². The predicted octanol–water partition coefficient (Wildman–Crippen LogP) is 0.924. The molecule has 13 heavy (non-hydrogen) atoms. The third kappa shape index (κ3) is 2.43. The summed E-state index contributed by atoms with van der Waals surface area (Å²) >= 11 is 0. The van der Waals surface area contributed by atoms with Crippen LogP contribution < -0.4 is 0 Å². The maximum Gasteiger partial charge on any atom is 0.0638 e. The number of nitrogens with zero attached hydrogens (tertiary/aromatic N) is 3. The van der Waals surface area contributed by atoms with Crippen LogP contribution in [0.15, 0.2) is 0 Å². The quantitative estimate of drug-likeness (QED) is 0.634. The molecule has 0 N–H and O–H groups in total. The minimum atomic E-state index is 0.441. The molecule has 0 spiro atoms. The smallest absolute Gasteiger partial charge is 0.0638 e. The summed E-state index contributed by atoms with van der Waals surface area (Å²) in [5.41, 5.74) is 0. The fraction of sp³-hybridized carbons (Fsp3) is 0.900. The van der Waals surface area contributed by atoms with E-state index in [1.54, 1.807) is 0 Å². The lowest BCUT2D eigenvalue weighted by molar-refractivity contribution is 0.0578. The number of piperazine rings is 1. The van der Waals surface area contributed by atoms with E-state index in [-0.39, 0.29) is 0 Å². The molecule has 74 valence electrons. The first-order valence-corrected chi connectivity index (χ1v) is 5.00. The van der Waals surface area contributed by atoms with Gasteiger partial charge in [0.1, 0.15) is 0 Å². The average Bonchev–Trinajstić information content (AvgIpc) is 2.11. The van der Waals surface area contributed by atoms with Crippen LogP contribution in [0.5, 0.6) is 0 Å². The topological polar surface area (TPSA) is 30.3 Å². The second kappa shape index (κ2) is 4.59. The summed E-state index contributed by atoms with van der Waals surface area (Å²) in [6.07, 6.45) is 0.658. The molecule has 0 bridgehead atoms. The van der Waals surface area contributed by atoms with E-state index in [4.69, 9.17) is 5.26 Å². The molecule has 0 amide bonds. The Bertz CT molecular complexity index is 197. The molecule has 2 atom stereocenters. The van der Waals surface area contributed by atoms with Crippen molar-refractivity contribution >= 4 is 0 Å². The molecule has 0 aliphatic carbocycles. The van der Waals surface area contributed by atoms with Crippen molar-refractivity contribution in [3.8, 4) is 6.07 Å². The minimum Gasteiger partial charge on any atom is -0.301 e. The van der Waals surface area contributed by atoms with Crippen LogP contribution in [-0.2, 0) is 0 Å².